The zero-order valence-electron chi connectivity index (χ0n) is 11.5. The lowest BCUT2D eigenvalue weighted by atomic mass is 9.83. The molecule has 2 aliphatic carbocycles. The average Bonchev–Trinajstić information content (AvgIpc) is 3.07. The summed E-state index contributed by atoms with van der Waals surface area (Å²) in [5.41, 5.74) is 0.578. The quantitative estimate of drug-likeness (QED) is 0.622. The molecule has 2 heteroatoms. The van der Waals surface area contributed by atoms with Crippen LogP contribution in [-0.2, 0) is 4.74 Å². The summed E-state index contributed by atoms with van der Waals surface area (Å²) in [5, 5.41) is 3.74. The molecule has 0 saturated heterocycles. The Morgan fingerprint density at radius 2 is 1.94 bits per heavy atom. The monoisotopic (exact) mass is 239 g/mol. The highest BCUT2D eigenvalue weighted by molar-refractivity contribution is 4.90. The van der Waals surface area contributed by atoms with Crippen molar-refractivity contribution in [2.24, 2.45) is 5.41 Å². The number of rotatable bonds is 9. The van der Waals surface area contributed by atoms with Crippen molar-refractivity contribution in [3.63, 3.8) is 0 Å². The predicted octanol–water partition coefficient (Wildman–Crippen LogP) is 3.51. The molecule has 0 bridgehead atoms. The van der Waals surface area contributed by atoms with Gasteiger partial charge in [0.25, 0.3) is 0 Å². The third kappa shape index (κ3) is 4.59. The minimum Gasteiger partial charge on any atom is -0.381 e. The molecule has 0 heterocycles. The van der Waals surface area contributed by atoms with Gasteiger partial charge < -0.3 is 10.1 Å². The second-order valence-electron chi connectivity index (χ2n) is 6.08. The molecule has 0 unspecified atom stereocenters. The topological polar surface area (TPSA) is 21.3 Å². The van der Waals surface area contributed by atoms with Crippen LogP contribution in [0.3, 0.4) is 0 Å². The van der Waals surface area contributed by atoms with Crippen molar-refractivity contribution < 1.29 is 4.74 Å². The van der Waals surface area contributed by atoms with E-state index in [9.17, 15) is 0 Å². The van der Waals surface area contributed by atoms with E-state index in [0.717, 1.165) is 19.3 Å². The molecule has 2 rings (SSSR count). The standard InChI is InChI=1S/C15H29NO/c1-2-3-11-17-12-10-15(8-4-5-9-15)13-16-14-6-7-14/h14,16H,2-13H2,1H3. The molecular formula is C15H29NO. The van der Waals surface area contributed by atoms with Gasteiger partial charge in [0.05, 0.1) is 0 Å². The molecule has 0 aromatic rings. The molecule has 2 saturated carbocycles. The number of ether oxygens (including phenoxy) is 1. The van der Waals surface area contributed by atoms with E-state index in [1.807, 2.05) is 0 Å². The molecule has 0 radical (unpaired) electrons. The smallest absolute Gasteiger partial charge is 0.0471 e. The Labute approximate surface area is 107 Å². The summed E-state index contributed by atoms with van der Waals surface area (Å²) in [6, 6.07) is 0.855. The van der Waals surface area contributed by atoms with Gasteiger partial charge in [-0.25, -0.2) is 0 Å². The molecule has 0 aromatic heterocycles. The molecule has 2 nitrogen and oxygen atoms in total. The zero-order valence-corrected chi connectivity index (χ0v) is 11.5. The number of unbranched alkanes of at least 4 members (excludes halogenated alkanes) is 1. The van der Waals surface area contributed by atoms with Gasteiger partial charge in [-0.1, -0.05) is 26.2 Å². The molecule has 2 fully saturated rings. The predicted molar refractivity (Wildman–Crippen MR) is 72.3 cm³/mol. The molecule has 0 aromatic carbocycles. The summed E-state index contributed by atoms with van der Waals surface area (Å²) in [5.74, 6) is 0. The third-order valence-electron chi connectivity index (χ3n) is 4.43. The highest BCUT2D eigenvalue weighted by Gasteiger charge is 2.35. The highest BCUT2D eigenvalue weighted by atomic mass is 16.5. The van der Waals surface area contributed by atoms with Crippen LogP contribution < -0.4 is 5.32 Å². The van der Waals surface area contributed by atoms with Gasteiger partial charge in [0.15, 0.2) is 0 Å². The summed E-state index contributed by atoms with van der Waals surface area (Å²) in [7, 11) is 0. The van der Waals surface area contributed by atoms with Crippen LogP contribution in [0.5, 0.6) is 0 Å². The van der Waals surface area contributed by atoms with Crippen LogP contribution in [0, 0.1) is 5.41 Å². The Bertz CT molecular complexity index is 207. The van der Waals surface area contributed by atoms with Gasteiger partial charge in [-0.05, 0) is 43.9 Å². The lowest BCUT2D eigenvalue weighted by molar-refractivity contribution is 0.0917. The van der Waals surface area contributed by atoms with Crippen LogP contribution >= 0.6 is 0 Å². The Hall–Kier alpha value is -0.0800. The zero-order chi connectivity index (χ0) is 12.0. The molecule has 0 amide bonds. The number of nitrogens with one attached hydrogen (secondary N) is 1. The van der Waals surface area contributed by atoms with E-state index in [2.05, 4.69) is 12.2 Å². The summed E-state index contributed by atoms with van der Waals surface area (Å²) < 4.78 is 5.76. The molecule has 2 aliphatic rings. The number of hydrogen-bond acceptors (Lipinski definition) is 2. The summed E-state index contributed by atoms with van der Waals surface area (Å²) in [6.07, 6.45) is 12.3. The van der Waals surface area contributed by atoms with E-state index in [1.54, 1.807) is 0 Å². The first kappa shape index (κ1) is 13.4. The Morgan fingerprint density at radius 1 is 1.18 bits per heavy atom. The molecule has 100 valence electrons. The van der Waals surface area contributed by atoms with Crippen molar-refractivity contribution in [2.45, 2.75) is 70.8 Å². The Morgan fingerprint density at radius 3 is 2.59 bits per heavy atom. The van der Waals surface area contributed by atoms with Crippen LogP contribution in [0.4, 0.5) is 0 Å². The molecule has 0 aliphatic heterocycles. The van der Waals surface area contributed by atoms with Gasteiger partial charge in [0.2, 0.25) is 0 Å². The largest absolute Gasteiger partial charge is 0.381 e. The maximum Gasteiger partial charge on any atom is 0.0471 e. The fourth-order valence-electron chi connectivity index (χ4n) is 2.93. The van der Waals surface area contributed by atoms with Crippen LogP contribution in [0.1, 0.15) is 64.7 Å². The van der Waals surface area contributed by atoms with Gasteiger partial charge in [0.1, 0.15) is 0 Å². The maximum absolute atomic E-state index is 5.76. The first-order chi connectivity index (χ1) is 8.35. The molecule has 1 N–H and O–H groups in total. The van der Waals surface area contributed by atoms with Crippen molar-refractivity contribution in [3.05, 3.63) is 0 Å². The van der Waals surface area contributed by atoms with Crippen molar-refractivity contribution >= 4 is 0 Å². The number of hydrogen-bond donors (Lipinski definition) is 1. The first-order valence-corrected chi connectivity index (χ1v) is 7.66. The van der Waals surface area contributed by atoms with E-state index >= 15 is 0 Å². The van der Waals surface area contributed by atoms with E-state index in [1.165, 1.54) is 64.3 Å². The van der Waals surface area contributed by atoms with Crippen molar-refractivity contribution in [3.8, 4) is 0 Å². The van der Waals surface area contributed by atoms with E-state index in [-0.39, 0.29) is 0 Å². The van der Waals surface area contributed by atoms with Gasteiger partial charge in [0, 0.05) is 25.8 Å². The normalized spacial score (nSPS) is 23.1. The average molecular weight is 239 g/mol. The minimum atomic E-state index is 0.578. The lowest BCUT2D eigenvalue weighted by Crippen LogP contribution is -2.34. The van der Waals surface area contributed by atoms with E-state index < -0.39 is 0 Å². The van der Waals surface area contributed by atoms with E-state index in [4.69, 9.17) is 4.74 Å². The Kier molecular flexibility index (Phi) is 5.30. The van der Waals surface area contributed by atoms with Gasteiger partial charge in [-0.2, -0.15) is 0 Å². The third-order valence-corrected chi connectivity index (χ3v) is 4.43. The maximum atomic E-state index is 5.76. The molecule has 0 spiro atoms. The molecule has 17 heavy (non-hydrogen) atoms. The van der Waals surface area contributed by atoms with Crippen LogP contribution in [0.2, 0.25) is 0 Å². The van der Waals surface area contributed by atoms with Gasteiger partial charge >= 0.3 is 0 Å². The van der Waals surface area contributed by atoms with Crippen molar-refractivity contribution in [1.82, 2.24) is 5.32 Å². The van der Waals surface area contributed by atoms with Gasteiger partial charge in [-0.15, -0.1) is 0 Å². The summed E-state index contributed by atoms with van der Waals surface area (Å²) >= 11 is 0. The summed E-state index contributed by atoms with van der Waals surface area (Å²) in [6.45, 7) is 5.41. The first-order valence-electron chi connectivity index (χ1n) is 7.66. The van der Waals surface area contributed by atoms with Crippen molar-refractivity contribution in [2.75, 3.05) is 19.8 Å². The molecule has 0 atom stereocenters. The second-order valence-corrected chi connectivity index (χ2v) is 6.08. The fraction of sp³-hybridized carbons (Fsp3) is 1.00. The van der Waals surface area contributed by atoms with Crippen molar-refractivity contribution in [1.29, 1.82) is 0 Å². The van der Waals surface area contributed by atoms with Crippen LogP contribution in [0.15, 0.2) is 0 Å². The lowest BCUT2D eigenvalue weighted by Gasteiger charge is -2.29. The molecular weight excluding hydrogens is 210 g/mol. The fourth-order valence-corrected chi connectivity index (χ4v) is 2.93. The van der Waals surface area contributed by atoms with Gasteiger partial charge in [-0.3, -0.25) is 0 Å². The minimum absolute atomic E-state index is 0.578. The Balaban J connectivity index is 1.63. The van der Waals surface area contributed by atoms with Crippen LogP contribution in [0.25, 0.3) is 0 Å². The van der Waals surface area contributed by atoms with E-state index in [0.29, 0.717) is 5.41 Å². The van der Waals surface area contributed by atoms with Crippen LogP contribution in [-0.4, -0.2) is 25.8 Å². The highest BCUT2D eigenvalue weighted by Crippen LogP contribution is 2.41. The SMILES string of the molecule is CCCCOCCC1(CNC2CC2)CCCC1. The second kappa shape index (κ2) is 6.75. The summed E-state index contributed by atoms with van der Waals surface area (Å²) in [4.78, 5) is 0.